The molecule has 1 aromatic heterocycles. The molecule has 20 heavy (non-hydrogen) atoms. The maximum Gasteiger partial charge on any atom is 0.133 e. The summed E-state index contributed by atoms with van der Waals surface area (Å²) in [6.45, 7) is 3.34. The molecule has 2 aromatic rings. The molecule has 0 saturated carbocycles. The quantitative estimate of drug-likeness (QED) is 0.887. The van der Waals surface area contributed by atoms with E-state index >= 15 is 0 Å². The van der Waals surface area contributed by atoms with E-state index < -0.39 is 0 Å². The van der Waals surface area contributed by atoms with Crippen LogP contribution in [-0.2, 0) is 4.74 Å². The van der Waals surface area contributed by atoms with Gasteiger partial charge in [0.1, 0.15) is 11.6 Å². The van der Waals surface area contributed by atoms with Gasteiger partial charge < -0.3 is 20.1 Å². The van der Waals surface area contributed by atoms with E-state index in [0.29, 0.717) is 0 Å². The molecule has 0 spiro atoms. The monoisotopic (exact) mass is 273 g/mol. The molecule has 0 bridgehead atoms. The molecular formula is C15H19N3O2. The van der Waals surface area contributed by atoms with Gasteiger partial charge in [-0.05, 0) is 29.7 Å². The van der Waals surface area contributed by atoms with Crippen molar-refractivity contribution in [1.29, 1.82) is 0 Å². The second-order valence-electron chi connectivity index (χ2n) is 4.82. The zero-order chi connectivity index (χ0) is 13.8. The molecule has 0 aliphatic carbocycles. The minimum absolute atomic E-state index is 0.194. The molecule has 0 amide bonds. The summed E-state index contributed by atoms with van der Waals surface area (Å²) in [7, 11) is 1.68. The number of ether oxygens (including phenoxy) is 2. The molecule has 5 nitrogen and oxygen atoms in total. The van der Waals surface area contributed by atoms with Crippen LogP contribution >= 0.6 is 0 Å². The van der Waals surface area contributed by atoms with Gasteiger partial charge >= 0.3 is 0 Å². The summed E-state index contributed by atoms with van der Waals surface area (Å²) >= 11 is 0. The SMILES string of the molecule is COc1ccc2c(NCC3CNCCO3)nccc2c1. The Morgan fingerprint density at radius 1 is 1.45 bits per heavy atom. The first-order valence-corrected chi connectivity index (χ1v) is 6.86. The fourth-order valence-electron chi connectivity index (χ4n) is 2.39. The zero-order valence-corrected chi connectivity index (χ0v) is 11.6. The van der Waals surface area contributed by atoms with Crippen molar-refractivity contribution in [2.45, 2.75) is 6.10 Å². The second-order valence-corrected chi connectivity index (χ2v) is 4.82. The molecule has 1 unspecified atom stereocenters. The third kappa shape index (κ3) is 2.84. The first-order chi connectivity index (χ1) is 9.86. The third-order valence-electron chi connectivity index (χ3n) is 3.47. The summed E-state index contributed by atoms with van der Waals surface area (Å²) in [5, 5.41) is 8.91. The lowest BCUT2D eigenvalue weighted by Gasteiger charge is -2.24. The van der Waals surface area contributed by atoms with Gasteiger partial charge in [0.15, 0.2) is 0 Å². The van der Waals surface area contributed by atoms with Gasteiger partial charge in [0.05, 0.1) is 19.8 Å². The van der Waals surface area contributed by atoms with Crippen LogP contribution in [0.15, 0.2) is 30.5 Å². The van der Waals surface area contributed by atoms with Crippen LogP contribution < -0.4 is 15.4 Å². The fraction of sp³-hybridized carbons (Fsp3) is 0.400. The lowest BCUT2D eigenvalue weighted by atomic mass is 10.1. The molecule has 1 aromatic carbocycles. The number of rotatable bonds is 4. The summed E-state index contributed by atoms with van der Waals surface area (Å²) in [5.41, 5.74) is 0. The molecular weight excluding hydrogens is 254 g/mol. The number of methoxy groups -OCH3 is 1. The first kappa shape index (κ1) is 13.1. The van der Waals surface area contributed by atoms with Crippen LogP contribution in [0.5, 0.6) is 5.75 Å². The third-order valence-corrected chi connectivity index (χ3v) is 3.47. The van der Waals surface area contributed by atoms with Crippen molar-refractivity contribution >= 4 is 16.6 Å². The van der Waals surface area contributed by atoms with E-state index in [9.17, 15) is 0 Å². The van der Waals surface area contributed by atoms with E-state index in [0.717, 1.165) is 48.6 Å². The second kappa shape index (κ2) is 6.07. The maximum atomic E-state index is 5.68. The Hall–Kier alpha value is -1.85. The van der Waals surface area contributed by atoms with Crippen LogP contribution in [0.25, 0.3) is 10.8 Å². The highest BCUT2D eigenvalue weighted by Crippen LogP contribution is 2.25. The minimum Gasteiger partial charge on any atom is -0.497 e. The number of hydrogen-bond acceptors (Lipinski definition) is 5. The number of nitrogens with one attached hydrogen (secondary N) is 2. The molecule has 2 heterocycles. The number of hydrogen-bond donors (Lipinski definition) is 2. The molecule has 1 fully saturated rings. The van der Waals surface area contributed by atoms with Crippen LogP contribution in [0.2, 0.25) is 0 Å². The molecule has 106 valence electrons. The minimum atomic E-state index is 0.194. The number of benzene rings is 1. The lowest BCUT2D eigenvalue weighted by molar-refractivity contribution is 0.0372. The standard InChI is InChI=1S/C15H19N3O2/c1-19-12-2-3-14-11(8-12)4-5-17-15(14)18-10-13-9-16-6-7-20-13/h2-5,8,13,16H,6-7,9-10H2,1H3,(H,17,18). The summed E-state index contributed by atoms with van der Waals surface area (Å²) in [6, 6.07) is 7.99. The number of fused-ring (bicyclic) bond motifs is 1. The Balaban J connectivity index is 1.76. The first-order valence-electron chi connectivity index (χ1n) is 6.86. The molecule has 1 aliphatic heterocycles. The van der Waals surface area contributed by atoms with Crippen molar-refractivity contribution in [3.8, 4) is 5.75 Å². The average molecular weight is 273 g/mol. The van der Waals surface area contributed by atoms with Gasteiger partial charge in [-0.2, -0.15) is 0 Å². The smallest absolute Gasteiger partial charge is 0.133 e. The van der Waals surface area contributed by atoms with Crippen LogP contribution in [0.3, 0.4) is 0 Å². The Labute approximate surface area is 118 Å². The van der Waals surface area contributed by atoms with Crippen molar-refractivity contribution in [2.24, 2.45) is 0 Å². The van der Waals surface area contributed by atoms with Gasteiger partial charge in [-0.25, -0.2) is 4.98 Å². The van der Waals surface area contributed by atoms with E-state index in [1.54, 1.807) is 7.11 Å². The van der Waals surface area contributed by atoms with Gasteiger partial charge in [-0.3, -0.25) is 0 Å². The van der Waals surface area contributed by atoms with Crippen molar-refractivity contribution in [1.82, 2.24) is 10.3 Å². The van der Waals surface area contributed by atoms with Crippen LogP contribution in [0, 0.1) is 0 Å². The normalized spacial score (nSPS) is 18.9. The van der Waals surface area contributed by atoms with E-state index in [4.69, 9.17) is 9.47 Å². The molecule has 5 heteroatoms. The van der Waals surface area contributed by atoms with Crippen molar-refractivity contribution in [3.63, 3.8) is 0 Å². The molecule has 3 rings (SSSR count). The molecule has 1 aliphatic rings. The van der Waals surface area contributed by atoms with Gasteiger partial charge in [0.25, 0.3) is 0 Å². The summed E-state index contributed by atoms with van der Waals surface area (Å²) in [5.74, 6) is 1.74. The summed E-state index contributed by atoms with van der Waals surface area (Å²) in [4.78, 5) is 4.42. The average Bonchev–Trinajstić information content (AvgIpc) is 2.53. The largest absolute Gasteiger partial charge is 0.497 e. The van der Waals surface area contributed by atoms with E-state index in [-0.39, 0.29) is 6.10 Å². The van der Waals surface area contributed by atoms with Crippen molar-refractivity contribution < 1.29 is 9.47 Å². The van der Waals surface area contributed by atoms with E-state index in [1.165, 1.54) is 0 Å². The van der Waals surface area contributed by atoms with E-state index in [2.05, 4.69) is 15.6 Å². The predicted octanol–water partition coefficient (Wildman–Crippen LogP) is 1.64. The number of anilines is 1. The zero-order valence-electron chi connectivity index (χ0n) is 11.6. The maximum absolute atomic E-state index is 5.68. The molecule has 2 N–H and O–H groups in total. The van der Waals surface area contributed by atoms with Crippen LogP contribution in [-0.4, -0.2) is 44.4 Å². The van der Waals surface area contributed by atoms with Crippen molar-refractivity contribution in [2.75, 3.05) is 38.7 Å². The van der Waals surface area contributed by atoms with E-state index in [1.807, 2.05) is 30.5 Å². The van der Waals surface area contributed by atoms with Crippen LogP contribution in [0.4, 0.5) is 5.82 Å². The highest BCUT2D eigenvalue weighted by Gasteiger charge is 2.13. The lowest BCUT2D eigenvalue weighted by Crippen LogP contribution is -2.42. The summed E-state index contributed by atoms with van der Waals surface area (Å²) in [6.07, 6.45) is 2.00. The van der Waals surface area contributed by atoms with Gasteiger partial charge in [0, 0.05) is 31.2 Å². The Kier molecular flexibility index (Phi) is 3.99. The number of nitrogens with zero attached hydrogens (tertiary/aromatic N) is 1. The number of aromatic nitrogens is 1. The highest BCUT2D eigenvalue weighted by atomic mass is 16.5. The molecule has 0 radical (unpaired) electrons. The Bertz CT molecular complexity index is 582. The van der Waals surface area contributed by atoms with Gasteiger partial charge in [-0.15, -0.1) is 0 Å². The van der Waals surface area contributed by atoms with Gasteiger partial charge in [-0.1, -0.05) is 0 Å². The number of pyridine rings is 1. The number of morpholine rings is 1. The Morgan fingerprint density at radius 2 is 2.40 bits per heavy atom. The van der Waals surface area contributed by atoms with Crippen molar-refractivity contribution in [3.05, 3.63) is 30.5 Å². The summed E-state index contributed by atoms with van der Waals surface area (Å²) < 4.78 is 10.9. The Morgan fingerprint density at radius 3 is 3.20 bits per heavy atom. The predicted molar refractivity (Wildman–Crippen MR) is 79.4 cm³/mol. The van der Waals surface area contributed by atoms with Crippen LogP contribution in [0.1, 0.15) is 0 Å². The molecule has 1 saturated heterocycles. The topological polar surface area (TPSA) is 55.4 Å². The fourth-order valence-corrected chi connectivity index (χ4v) is 2.39. The molecule has 1 atom stereocenters. The highest BCUT2D eigenvalue weighted by molar-refractivity contribution is 5.92. The van der Waals surface area contributed by atoms with Gasteiger partial charge in [0.2, 0.25) is 0 Å².